The van der Waals surface area contributed by atoms with Crippen molar-refractivity contribution in [3.63, 3.8) is 0 Å². The number of phenolic OH excluding ortho intramolecular Hbond substituents is 2. The lowest BCUT2D eigenvalue weighted by molar-refractivity contribution is 0.355. The molecule has 0 aliphatic carbocycles. The van der Waals surface area contributed by atoms with Gasteiger partial charge in [0.25, 0.3) is 0 Å². The molecular formula is C14H14O4. The Morgan fingerprint density at radius 2 is 1.44 bits per heavy atom. The predicted octanol–water partition coefficient (Wildman–Crippen LogP) is 2.78. The Bertz CT molecular complexity index is 543. The summed E-state index contributed by atoms with van der Waals surface area (Å²) < 4.78 is 10.3. The molecule has 2 rings (SSSR count). The maximum atomic E-state index is 9.80. The van der Waals surface area contributed by atoms with E-state index in [2.05, 4.69) is 0 Å². The molecule has 18 heavy (non-hydrogen) atoms. The van der Waals surface area contributed by atoms with Crippen molar-refractivity contribution in [2.45, 2.75) is 0 Å². The van der Waals surface area contributed by atoms with Crippen molar-refractivity contribution in [2.75, 3.05) is 14.2 Å². The van der Waals surface area contributed by atoms with Crippen LogP contribution in [0.5, 0.6) is 23.0 Å². The van der Waals surface area contributed by atoms with Gasteiger partial charge in [0.15, 0.2) is 11.5 Å². The van der Waals surface area contributed by atoms with E-state index in [4.69, 9.17) is 9.47 Å². The lowest BCUT2D eigenvalue weighted by Gasteiger charge is -2.11. The number of phenols is 2. The third kappa shape index (κ3) is 2.05. The van der Waals surface area contributed by atoms with Crippen LogP contribution >= 0.6 is 0 Å². The average molecular weight is 246 g/mol. The molecule has 0 aromatic heterocycles. The minimum Gasteiger partial charge on any atom is -0.507 e. The van der Waals surface area contributed by atoms with Crippen molar-refractivity contribution in [3.8, 4) is 34.1 Å². The second-order valence-corrected chi connectivity index (χ2v) is 3.74. The lowest BCUT2D eigenvalue weighted by atomic mass is 10.0. The molecule has 0 spiro atoms. The van der Waals surface area contributed by atoms with Crippen LogP contribution in [0, 0.1) is 0 Å². The van der Waals surface area contributed by atoms with E-state index in [0.29, 0.717) is 22.6 Å². The average Bonchev–Trinajstić information content (AvgIpc) is 2.38. The Morgan fingerprint density at radius 3 is 2.00 bits per heavy atom. The number of rotatable bonds is 3. The van der Waals surface area contributed by atoms with Crippen LogP contribution in [0.1, 0.15) is 0 Å². The van der Waals surface area contributed by atoms with Crippen molar-refractivity contribution in [2.24, 2.45) is 0 Å². The van der Waals surface area contributed by atoms with Crippen LogP contribution in [0.15, 0.2) is 36.4 Å². The molecule has 0 saturated heterocycles. The van der Waals surface area contributed by atoms with Crippen LogP contribution in [0.2, 0.25) is 0 Å². The Balaban J connectivity index is 2.58. The molecular weight excluding hydrogens is 232 g/mol. The Kier molecular flexibility index (Phi) is 3.28. The van der Waals surface area contributed by atoms with Gasteiger partial charge in [-0.25, -0.2) is 0 Å². The zero-order valence-electron chi connectivity index (χ0n) is 10.2. The van der Waals surface area contributed by atoms with Crippen molar-refractivity contribution >= 4 is 0 Å². The molecule has 4 heteroatoms. The molecule has 0 unspecified atom stereocenters. The highest BCUT2D eigenvalue weighted by Crippen LogP contribution is 2.40. The molecule has 94 valence electrons. The summed E-state index contributed by atoms with van der Waals surface area (Å²) in [6, 6.07) is 9.79. The van der Waals surface area contributed by atoms with Crippen molar-refractivity contribution in [1.29, 1.82) is 0 Å². The highest BCUT2D eigenvalue weighted by molar-refractivity contribution is 5.77. The molecule has 0 aliphatic rings. The lowest BCUT2D eigenvalue weighted by Crippen LogP contribution is -1.91. The van der Waals surface area contributed by atoms with E-state index >= 15 is 0 Å². The highest BCUT2D eigenvalue weighted by atomic mass is 16.5. The minimum absolute atomic E-state index is 0.0159. The monoisotopic (exact) mass is 246 g/mol. The zero-order valence-corrected chi connectivity index (χ0v) is 10.2. The van der Waals surface area contributed by atoms with Crippen molar-refractivity contribution in [3.05, 3.63) is 36.4 Å². The van der Waals surface area contributed by atoms with Gasteiger partial charge in [0.05, 0.1) is 19.8 Å². The molecule has 2 aromatic carbocycles. The van der Waals surface area contributed by atoms with Gasteiger partial charge in [-0.1, -0.05) is 12.1 Å². The van der Waals surface area contributed by atoms with E-state index in [1.54, 1.807) is 31.4 Å². The van der Waals surface area contributed by atoms with Crippen LogP contribution in [0.4, 0.5) is 0 Å². The molecule has 0 fully saturated rings. The molecule has 0 heterocycles. The molecule has 0 saturated carbocycles. The quantitative estimate of drug-likeness (QED) is 0.874. The molecule has 0 amide bonds. The summed E-state index contributed by atoms with van der Waals surface area (Å²) in [7, 11) is 3.08. The fourth-order valence-corrected chi connectivity index (χ4v) is 1.82. The molecule has 0 bridgehead atoms. The van der Waals surface area contributed by atoms with E-state index in [0.717, 1.165) is 0 Å². The number of aromatic hydroxyl groups is 2. The van der Waals surface area contributed by atoms with Crippen molar-refractivity contribution < 1.29 is 19.7 Å². The van der Waals surface area contributed by atoms with Crippen LogP contribution in [0.25, 0.3) is 11.1 Å². The van der Waals surface area contributed by atoms with Crippen LogP contribution < -0.4 is 9.47 Å². The van der Waals surface area contributed by atoms with Crippen LogP contribution in [-0.2, 0) is 0 Å². The van der Waals surface area contributed by atoms with E-state index < -0.39 is 0 Å². The number of hydrogen-bond acceptors (Lipinski definition) is 4. The Labute approximate surface area is 105 Å². The first kappa shape index (κ1) is 12.1. The van der Waals surface area contributed by atoms with Crippen LogP contribution in [-0.4, -0.2) is 24.4 Å². The topological polar surface area (TPSA) is 58.9 Å². The second-order valence-electron chi connectivity index (χ2n) is 3.74. The first-order valence-corrected chi connectivity index (χ1v) is 5.40. The summed E-state index contributed by atoms with van der Waals surface area (Å²) in [5.41, 5.74) is 1.03. The van der Waals surface area contributed by atoms with Gasteiger partial charge in [-0.2, -0.15) is 0 Å². The maximum absolute atomic E-state index is 9.80. The van der Waals surface area contributed by atoms with Gasteiger partial charge in [0.2, 0.25) is 0 Å². The minimum atomic E-state index is 0.0159. The summed E-state index contributed by atoms with van der Waals surface area (Å²) in [6.07, 6.45) is 0. The predicted molar refractivity (Wildman–Crippen MR) is 68.3 cm³/mol. The number of hydrogen-bond donors (Lipinski definition) is 2. The first-order chi connectivity index (χ1) is 8.67. The Morgan fingerprint density at radius 1 is 0.833 bits per heavy atom. The third-order valence-corrected chi connectivity index (χ3v) is 2.69. The smallest absolute Gasteiger partial charge is 0.161 e. The number of methoxy groups -OCH3 is 2. The second kappa shape index (κ2) is 4.87. The van der Waals surface area contributed by atoms with Gasteiger partial charge in [0, 0.05) is 0 Å². The molecule has 0 radical (unpaired) electrons. The fraction of sp³-hybridized carbons (Fsp3) is 0.143. The Hall–Kier alpha value is -2.36. The highest BCUT2D eigenvalue weighted by Gasteiger charge is 2.12. The summed E-state index contributed by atoms with van der Waals surface area (Å²) in [6.45, 7) is 0. The van der Waals surface area contributed by atoms with Crippen molar-refractivity contribution in [1.82, 2.24) is 0 Å². The third-order valence-electron chi connectivity index (χ3n) is 2.69. The van der Waals surface area contributed by atoms with Gasteiger partial charge >= 0.3 is 0 Å². The SMILES string of the molecule is COc1ccc(-c2c(O)cccc2O)cc1OC. The normalized spacial score (nSPS) is 10.1. The van der Waals surface area contributed by atoms with Gasteiger partial charge in [-0.15, -0.1) is 0 Å². The van der Waals surface area contributed by atoms with E-state index in [1.807, 2.05) is 0 Å². The number of benzene rings is 2. The van der Waals surface area contributed by atoms with Gasteiger partial charge in [-0.3, -0.25) is 0 Å². The van der Waals surface area contributed by atoms with Gasteiger partial charge in [0.1, 0.15) is 11.5 Å². The largest absolute Gasteiger partial charge is 0.507 e. The number of ether oxygens (including phenoxy) is 2. The summed E-state index contributed by atoms with van der Waals surface area (Å²) in [4.78, 5) is 0. The molecule has 4 nitrogen and oxygen atoms in total. The van der Waals surface area contributed by atoms with E-state index in [-0.39, 0.29) is 11.5 Å². The summed E-state index contributed by atoms with van der Waals surface area (Å²) in [5, 5.41) is 19.6. The fourth-order valence-electron chi connectivity index (χ4n) is 1.82. The summed E-state index contributed by atoms with van der Waals surface area (Å²) in [5.74, 6) is 1.17. The van der Waals surface area contributed by atoms with Gasteiger partial charge < -0.3 is 19.7 Å². The zero-order chi connectivity index (χ0) is 13.1. The summed E-state index contributed by atoms with van der Waals surface area (Å²) >= 11 is 0. The van der Waals surface area contributed by atoms with Gasteiger partial charge in [-0.05, 0) is 29.8 Å². The standard InChI is InChI=1S/C14H14O4/c1-17-12-7-6-9(8-13(12)18-2)14-10(15)4-3-5-11(14)16/h3-8,15-16H,1-2H3. The van der Waals surface area contributed by atoms with Crippen LogP contribution in [0.3, 0.4) is 0 Å². The first-order valence-electron chi connectivity index (χ1n) is 5.40. The molecule has 2 aromatic rings. The van der Waals surface area contributed by atoms with E-state index in [9.17, 15) is 10.2 Å². The maximum Gasteiger partial charge on any atom is 0.161 e. The molecule has 0 atom stereocenters. The molecule has 2 N–H and O–H groups in total. The van der Waals surface area contributed by atoms with E-state index in [1.165, 1.54) is 19.2 Å². The molecule has 0 aliphatic heterocycles.